The first-order chi connectivity index (χ1) is 17.0. The minimum absolute atomic E-state index is 0.0346. The van der Waals surface area contributed by atoms with Gasteiger partial charge in [-0.05, 0) is 84.6 Å². The van der Waals surface area contributed by atoms with E-state index in [9.17, 15) is 27.9 Å². The summed E-state index contributed by atoms with van der Waals surface area (Å²) < 4.78 is 46.5. The molecular weight excluding hydrogens is 477 g/mol. The van der Waals surface area contributed by atoms with Gasteiger partial charge in [-0.15, -0.1) is 0 Å². The molecule has 0 atom stereocenters. The summed E-state index contributed by atoms with van der Waals surface area (Å²) in [6, 6.07) is 16.3. The van der Waals surface area contributed by atoms with Crippen molar-refractivity contribution >= 4 is 29.4 Å². The second-order valence-electron chi connectivity index (χ2n) is 7.82. The summed E-state index contributed by atoms with van der Waals surface area (Å²) in [7, 11) is 0. The van der Waals surface area contributed by atoms with Crippen LogP contribution in [0.2, 0.25) is 0 Å². The van der Waals surface area contributed by atoms with Crippen LogP contribution in [-0.4, -0.2) is 29.8 Å². The molecule has 0 spiro atoms. The summed E-state index contributed by atoms with van der Waals surface area (Å²) >= 11 is 0. The lowest BCUT2D eigenvalue weighted by Gasteiger charge is -2.10. The Hall–Kier alpha value is -4.47. The highest BCUT2D eigenvalue weighted by Crippen LogP contribution is 2.23. The van der Waals surface area contributed by atoms with Crippen molar-refractivity contribution in [2.24, 2.45) is 0 Å². The van der Waals surface area contributed by atoms with E-state index in [4.69, 9.17) is 16.2 Å². The molecule has 0 unspecified atom stereocenters. The number of alkyl halides is 3. The maximum absolute atomic E-state index is 12.3. The zero-order chi connectivity index (χ0) is 26.3. The Morgan fingerprint density at radius 3 is 2.17 bits per heavy atom. The molecule has 3 aromatic carbocycles. The Morgan fingerprint density at radius 2 is 1.56 bits per heavy atom. The second kappa shape index (κ2) is 11.3. The molecule has 0 aromatic heterocycles. The third-order valence-electron chi connectivity index (χ3n) is 5.03. The lowest BCUT2D eigenvalue weighted by atomic mass is 10.0. The Balaban J connectivity index is 1.62. The number of rotatable bonds is 9. The molecule has 188 valence electrons. The van der Waals surface area contributed by atoms with E-state index in [0.29, 0.717) is 23.4 Å². The van der Waals surface area contributed by atoms with Crippen molar-refractivity contribution in [2.75, 3.05) is 18.1 Å². The van der Waals surface area contributed by atoms with E-state index in [-0.39, 0.29) is 29.1 Å². The molecule has 0 aliphatic carbocycles. The fourth-order valence-corrected chi connectivity index (χ4v) is 3.20. The van der Waals surface area contributed by atoms with Crippen LogP contribution in [0.4, 0.5) is 24.5 Å². The van der Waals surface area contributed by atoms with Gasteiger partial charge in [0, 0.05) is 16.9 Å². The van der Waals surface area contributed by atoms with Gasteiger partial charge in [0.2, 0.25) is 0 Å². The number of esters is 1. The number of aryl methyl sites for hydroxylation is 1. The summed E-state index contributed by atoms with van der Waals surface area (Å²) in [5.74, 6) is -1.62. The van der Waals surface area contributed by atoms with Crippen molar-refractivity contribution < 1.29 is 37.3 Å². The Morgan fingerprint density at radius 1 is 0.917 bits per heavy atom. The number of nitrogen functional groups attached to an aromatic ring is 2. The third kappa shape index (κ3) is 7.79. The number of carbonyl (C=O) groups excluding carboxylic acids is 1. The molecule has 0 bridgehead atoms. The van der Waals surface area contributed by atoms with Gasteiger partial charge in [-0.2, -0.15) is 13.2 Å². The largest absolute Gasteiger partial charge is 0.484 e. The number of carbonyl (C=O) groups is 2. The first kappa shape index (κ1) is 26.1. The van der Waals surface area contributed by atoms with Crippen molar-refractivity contribution in [3.8, 4) is 11.5 Å². The highest BCUT2D eigenvalue weighted by Gasteiger charge is 2.28. The predicted molar refractivity (Wildman–Crippen MR) is 129 cm³/mol. The molecule has 0 radical (unpaired) electrons. The Bertz CT molecular complexity index is 1250. The van der Waals surface area contributed by atoms with Crippen molar-refractivity contribution in [1.29, 1.82) is 0 Å². The van der Waals surface area contributed by atoms with Crippen LogP contribution in [0.5, 0.6) is 11.5 Å². The molecule has 0 amide bonds. The highest BCUT2D eigenvalue weighted by molar-refractivity contribution is 5.92. The fraction of sp³-hybridized carbons (Fsp3) is 0.154. The normalized spacial score (nSPS) is 11.7. The summed E-state index contributed by atoms with van der Waals surface area (Å²) in [6.07, 6.45) is -2.34. The number of carboxylic acid groups (broad SMARTS) is 1. The number of benzene rings is 3. The first-order valence-corrected chi connectivity index (χ1v) is 10.7. The van der Waals surface area contributed by atoms with Crippen LogP contribution in [0, 0.1) is 0 Å². The van der Waals surface area contributed by atoms with E-state index in [1.54, 1.807) is 30.3 Å². The van der Waals surface area contributed by atoms with Crippen LogP contribution in [0.15, 0.2) is 72.3 Å². The molecule has 0 saturated heterocycles. The van der Waals surface area contributed by atoms with Crippen molar-refractivity contribution in [1.82, 2.24) is 0 Å². The SMILES string of the molecule is Nc1ccc(N)c(CC/C(=C\c2ccc(OC(=O)c3ccc(OCC(F)(F)F)cc3)cc2)C(=O)O)c1. The summed E-state index contributed by atoms with van der Waals surface area (Å²) in [4.78, 5) is 24.0. The molecule has 7 nitrogen and oxygen atoms in total. The predicted octanol–water partition coefficient (Wildman–Crippen LogP) is 5.11. The molecule has 0 heterocycles. The molecule has 0 aliphatic rings. The second-order valence-corrected chi connectivity index (χ2v) is 7.82. The lowest BCUT2D eigenvalue weighted by Crippen LogP contribution is -2.19. The van der Waals surface area contributed by atoms with E-state index in [1.807, 2.05) is 0 Å². The number of hydrogen-bond acceptors (Lipinski definition) is 6. The zero-order valence-corrected chi connectivity index (χ0v) is 18.9. The van der Waals surface area contributed by atoms with Crippen molar-refractivity contribution in [2.45, 2.75) is 19.0 Å². The Kier molecular flexibility index (Phi) is 8.21. The van der Waals surface area contributed by atoms with Crippen LogP contribution >= 0.6 is 0 Å². The quantitative estimate of drug-likeness (QED) is 0.161. The minimum Gasteiger partial charge on any atom is -0.484 e. The summed E-state index contributed by atoms with van der Waals surface area (Å²) in [5.41, 5.74) is 14.4. The van der Waals surface area contributed by atoms with E-state index in [1.165, 1.54) is 42.5 Å². The maximum atomic E-state index is 12.3. The fourth-order valence-electron chi connectivity index (χ4n) is 3.20. The van der Waals surface area contributed by atoms with Crippen LogP contribution in [-0.2, 0) is 11.2 Å². The van der Waals surface area contributed by atoms with E-state index >= 15 is 0 Å². The standard InChI is InChI=1S/C26H23F3N2O5/c27-26(28,29)15-35-21-10-5-17(6-11-21)25(34)36-22-8-1-16(2-9-22)13-19(24(32)33)4-3-18-14-20(30)7-12-23(18)31/h1-2,5-14H,3-4,15,30-31H2,(H,32,33)/b19-13+. The number of nitrogens with two attached hydrogens (primary N) is 2. The van der Waals surface area contributed by atoms with E-state index in [0.717, 1.165) is 5.56 Å². The van der Waals surface area contributed by atoms with E-state index in [2.05, 4.69) is 4.74 Å². The van der Waals surface area contributed by atoms with Crippen LogP contribution in [0.25, 0.3) is 6.08 Å². The topological polar surface area (TPSA) is 125 Å². The van der Waals surface area contributed by atoms with Gasteiger partial charge in [-0.1, -0.05) is 12.1 Å². The van der Waals surface area contributed by atoms with Gasteiger partial charge in [0.25, 0.3) is 0 Å². The highest BCUT2D eigenvalue weighted by atomic mass is 19.4. The average molecular weight is 500 g/mol. The number of aliphatic carboxylic acids is 1. The Labute approximate surface area is 204 Å². The lowest BCUT2D eigenvalue weighted by molar-refractivity contribution is -0.153. The van der Waals surface area contributed by atoms with Gasteiger partial charge in [0.05, 0.1) is 5.56 Å². The molecule has 0 fully saturated rings. The van der Waals surface area contributed by atoms with Gasteiger partial charge < -0.3 is 26.0 Å². The van der Waals surface area contributed by atoms with Gasteiger partial charge in [0.15, 0.2) is 6.61 Å². The maximum Gasteiger partial charge on any atom is 0.422 e. The van der Waals surface area contributed by atoms with Crippen LogP contribution < -0.4 is 20.9 Å². The molecule has 10 heteroatoms. The smallest absolute Gasteiger partial charge is 0.422 e. The van der Waals surface area contributed by atoms with Gasteiger partial charge in [-0.25, -0.2) is 9.59 Å². The monoisotopic (exact) mass is 500 g/mol. The minimum atomic E-state index is -4.46. The molecule has 0 aliphatic heterocycles. The van der Waals surface area contributed by atoms with Crippen LogP contribution in [0.1, 0.15) is 27.9 Å². The number of halogens is 3. The number of hydrogen-bond donors (Lipinski definition) is 3. The van der Waals surface area contributed by atoms with Gasteiger partial charge in [-0.3, -0.25) is 0 Å². The molecule has 3 aromatic rings. The first-order valence-electron chi connectivity index (χ1n) is 10.7. The molecule has 36 heavy (non-hydrogen) atoms. The molecule has 5 N–H and O–H groups in total. The average Bonchev–Trinajstić information content (AvgIpc) is 2.83. The molecule has 3 rings (SSSR count). The zero-order valence-electron chi connectivity index (χ0n) is 18.9. The third-order valence-corrected chi connectivity index (χ3v) is 5.03. The number of anilines is 2. The molecule has 0 saturated carbocycles. The molecular formula is C26H23F3N2O5. The van der Waals surface area contributed by atoms with Crippen molar-refractivity contribution in [3.63, 3.8) is 0 Å². The summed E-state index contributed by atoms with van der Waals surface area (Å²) in [5, 5.41) is 9.57. The number of carboxylic acids is 1. The van der Waals surface area contributed by atoms with Crippen LogP contribution in [0.3, 0.4) is 0 Å². The summed E-state index contributed by atoms with van der Waals surface area (Å²) in [6.45, 7) is -1.43. The van der Waals surface area contributed by atoms with Gasteiger partial charge in [0.1, 0.15) is 11.5 Å². The van der Waals surface area contributed by atoms with Crippen molar-refractivity contribution in [3.05, 3.63) is 89.0 Å². The van der Waals surface area contributed by atoms with Gasteiger partial charge >= 0.3 is 18.1 Å². The number of ether oxygens (including phenoxy) is 2. The van der Waals surface area contributed by atoms with E-state index < -0.39 is 24.7 Å².